The molecule has 0 heterocycles. The van der Waals surface area contributed by atoms with E-state index in [2.05, 4.69) is 6.92 Å². The van der Waals surface area contributed by atoms with Gasteiger partial charge in [-0.05, 0) is 35.3 Å². The number of hydrogen-bond donors (Lipinski definition) is 2. The molecule has 1 rings (SSSR count). The lowest BCUT2D eigenvalue weighted by Crippen LogP contribution is -2.22. The Morgan fingerprint density at radius 1 is 0.889 bits per heavy atom. The largest absolute Gasteiger partial charge is 0.507 e. The van der Waals surface area contributed by atoms with Crippen LogP contribution >= 0.6 is 0 Å². The second-order valence-corrected chi connectivity index (χ2v) is 9.85. The van der Waals surface area contributed by atoms with Crippen LogP contribution in [-0.2, 0) is 17.3 Å². The molecular formula is C24H40O3. The van der Waals surface area contributed by atoms with Gasteiger partial charge in [-0.3, -0.25) is 0 Å². The molecule has 0 atom stereocenters. The van der Waals surface area contributed by atoms with Crippen molar-refractivity contribution in [2.75, 3.05) is 0 Å². The minimum absolute atomic E-state index is 0.276. The number of carboxylic acids is 1. The summed E-state index contributed by atoms with van der Waals surface area (Å²) in [4.78, 5) is 12.0. The molecule has 0 fully saturated rings. The van der Waals surface area contributed by atoms with Gasteiger partial charge in [-0.2, -0.15) is 0 Å². The van der Waals surface area contributed by atoms with E-state index >= 15 is 0 Å². The van der Waals surface area contributed by atoms with Crippen LogP contribution in [0.25, 0.3) is 0 Å². The van der Waals surface area contributed by atoms with Crippen molar-refractivity contribution in [3.05, 3.63) is 28.3 Å². The molecule has 0 spiro atoms. The van der Waals surface area contributed by atoms with Gasteiger partial charge >= 0.3 is 5.97 Å². The number of carboxylic acid groups (broad SMARTS) is 1. The Morgan fingerprint density at radius 2 is 1.41 bits per heavy atom. The summed E-state index contributed by atoms with van der Waals surface area (Å²) in [6.45, 7) is 14.4. The number of rotatable bonds is 9. The van der Waals surface area contributed by atoms with E-state index in [4.69, 9.17) is 0 Å². The third-order valence-corrected chi connectivity index (χ3v) is 5.23. The topological polar surface area (TPSA) is 57.5 Å². The zero-order valence-corrected chi connectivity index (χ0v) is 18.5. The summed E-state index contributed by atoms with van der Waals surface area (Å²) in [5, 5.41) is 20.9. The zero-order valence-electron chi connectivity index (χ0n) is 18.5. The highest BCUT2D eigenvalue weighted by molar-refractivity contribution is 5.91. The molecule has 0 aliphatic heterocycles. The van der Waals surface area contributed by atoms with Gasteiger partial charge in [-0.25, -0.2) is 4.79 Å². The molecule has 0 unspecified atom stereocenters. The second-order valence-electron chi connectivity index (χ2n) is 9.85. The highest BCUT2D eigenvalue weighted by Crippen LogP contribution is 2.43. The maximum atomic E-state index is 12.0. The van der Waals surface area contributed by atoms with Crippen molar-refractivity contribution in [2.24, 2.45) is 0 Å². The summed E-state index contributed by atoms with van der Waals surface area (Å²) < 4.78 is 0. The van der Waals surface area contributed by atoms with Crippen molar-refractivity contribution in [1.29, 1.82) is 0 Å². The number of aromatic hydroxyl groups is 1. The molecule has 1 aromatic rings. The molecule has 27 heavy (non-hydrogen) atoms. The Balaban J connectivity index is 3.21. The Kier molecular flexibility index (Phi) is 8.38. The lowest BCUT2D eigenvalue weighted by atomic mass is 9.74. The van der Waals surface area contributed by atoms with Gasteiger partial charge in [0.2, 0.25) is 0 Å². The number of hydrogen-bond acceptors (Lipinski definition) is 2. The lowest BCUT2D eigenvalue weighted by molar-refractivity contribution is 0.0695. The first-order valence-corrected chi connectivity index (χ1v) is 10.5. The minimum atomic E-state index is -0.899. The van der Waals surface area contributed by atoms with E-state index in [1.54, 1.807) is 6.07 Å². The average Bonchev–Trinajstić information content (AvgIpc) is 2.51. The maximum Gasteiger partial charge on any atom is 0.335 e. The summed E-state index contributed by atoms with van der Waals surface area (Å²) in [6.07, 6.45) is 9.04. The summed E-state index contributed by atoms with van der Waals surface area (Å²) in [5.41, 5.74) is 2.06. The van der Waals surface area contributed by atoms with Gasteiger partial charge in [0.1, 0.15) is 5.75 Å². The van der Waals surface area contributed by atoms with Crippen LogP contribution in [0.15, 0.2) is 6.07 Å². The van der Waals surface area contributed by atoms with Crippen molar-refractivity contribution < 1.29 is 15.0 Å². The molecule has 0 bridgehead atoms. The molecule has 3 nitrogen and oxygen atoms in total. The fourth-order valence-corrected chi connectivity index (χ4v) is 3.80. The van der Waals surface area contributed by atoms with Gasteiger partial charge in [-0.1, -0.05) is 87.0 Å². The molecule has 2 N–H and O–H groups in total. The van der Waals surface area contributed by atoms with Crippen molar-refractivity contribution in [1.82, 2.24) is 0 Å². The van der Waals surface area contributed by atoms with Crippen LogP contribution in [0.3, 0.4) is 0 Å². The molecule has 1 aromatic carbocycles. The number of benzene rings is 1. The number of phenolic OH excluding ortho intramolecular Hbond substituents is 1. The molecule has 0 saturated heterocycles. The SMILES string of the molecule is CCCCCCCCCc1c(C(=O)O)cc(C(C)(C)C)c(O)c1C(C)(C)C. The van der Waals surface area contributed by atoms with Crippen molar-refractivity contribution >= 4 is 5.97 Å². The standard InChI is InChI=1S/C24H40O3/c1-8-9-10-11-12-13-14-15-17-18(22(26)27)16-19(23(2,3)4)21(25)20(17)24(5,6)7/h16,25H,8-15H2,1-7H3,(H,26,27). The van der Waals surface area contributed by atoms with Gasteiger partial charge < -0.3 is 10.2 Å². The first-order valence-electron chi connectivity index (χ1n) is 10.5. The van der Waals surface area contributed by atoms with Gasteiger partial charge in [0.15, 0.2) is 0 Å². The molecule has 154 valence electrons. The first kappa shape index (κ1) is 23.5. The fourth-order valence-electron chi connectivity index (χ4n) is 3.80. The maximum absolute atomic E-state index is 12.0. The number of aromatic carboxylic acids is 1. The van der Waals surface area contributed by atoms with E-state index in [-0.39, 0.29) is 16.6 Å². The van der Waals surface area contributed by atoms with Crippen molar-refractivity contribution in [3.8, 4) is 5.75 Å². The molecule has 0 aromatic heterocycles. The summed E-state index contributed by atoms with van der Waals surface area (Å²) in [5.74, 6) is -0.623. The van der Waals surface area contributed by atoms with E-state index in [1.165, 1.54) is 32.1 Å². The Morgan fingerprint density at radius 3 is 1.85 bits per heavy atom. The molecular weight excluding hydrogens is 336 g/mol. The Labute approximate surface area is 166 Å². The predicted octanol–water partition coefficient (Wildman–Crippen LogP) is 6.98. The van der Waals surface area contributed by atoms with Crippen LogP contribution in [-0.4, -0.2) is 16.2 Å². The van der Waals surface area contributed by atoms with Crippen LogP contribution in [0.4, 0.5) is 0 Å². The average molecular weight is 377 g/mol. The third kappa shape index (κ3) is 6.55. The van der Waals surface area contributed by atoms with Crippen LogP contribution < -0.4 is 0 Å². The molecule has 0 amide bonds. The van der Waals surface area contributed by atoms with E-state index < -0.39 is 5.97 Å². The predicted molar refractivity (Wildman–Crippen MR) is 114 cm³/mol. The van der Waals surface area contributed by atoms with E-state index in [1.807, 2.05) is 41.5 Å². The lowest BCUT2D eigenvalue weighted by Gasteiger charge is -2.30. The van der Waals surface area contributed by atoms with Gasteiger partial charge in [0.05, 0.1) is 5.56 Å². The Bertz CT molecular complexity index is 630. The fraction of sp³-hybridized carbons (Fsp3) is 0.708. The monoisotopic (exact) mass is 376 g/mol. The van der Waals surface area contributed by atoms with Crippen LogP contribution in [0.5, 0.6) is 5.75 Å². The molecule has 0 aliphatic carbocycles. The highest BCUT2D eigenvalue weighted by atomic mass is 16.4. The number of phenols is 1. The van der Waals surface area contributed by atoms with Gasteiger partial charge in [0, 0.05) is 11.1 Å². The zero-order chi connectivity index (χ0) is 20.8. The molecule has 0 radical (unpaired) electrons. The smallest absolute Gasteiger partial charge is 0.335 e. The summed E-state index contributed by atoms with van der Waals surface area (Å²) in [7, 11) is 0. The number of unbranched alkanes of at least 4 members (excludes halogenated alkanes) is 6. The molecule has 0 aliphatic rings. The quantitative estimate of drug-likeness (QED) is 0.457. The third-order valence-electron chi connectivity index (χ3n) is 5.23. The highest BCUT2D eigenvalue weighted by Gasteiger charge is 2.31. The molecule has 3 heteroatoms. The van der Waals surface area contributed by atoms with Crippen LogP contribution in [0.1, 0.15) is 120 Å². The minimum Gasteiger partial charge on any atom is -0.507 e. The molecule has 0 saturated carbocycles. The van der Waals surface area contributed by atoms with E-state index in [0.717, 1.165) is 24.0 Å². The van der Waals surface area contributed by atoms with Gasteiger partial charge in [-0.15, -0.1) is 0 Å². The normalized spacial score (nSPS) is 12.4. The van der Waals surface area contributed by atoms with Crippen molar-refractivity contribution in [2.45, 2.75) is 111 Å². The van der Waals surface area contributed by atoms with E-state index in [0.29, 0.717) is 17.5 Å². The van der Waals surface area contributed by atoms with Gasteiger partial charge in [0.25, 0.3) is 0 Å². The van der Waals surface area contributed by atoms with Crippen LogP contribution in [0.2, 0.25) is 0 Å². The Hall–Kier alpha value is -1.51. The summed E-state index contributed by atoms with van der Waals surface area (Å²) >= 11 is 0. The summed E-state index contributed by atoms with van der Waals surface area (Å²) in [6, 6.07) is 1.70. The number of carbonyl (C=O) groups is 1. The second kappa shape index (κ2) is 9.61. The van der Waals surface area contributed by atoms with E-state index in [9.17, 15) is 15.0 Å². The van der Waals surface area contributed by atoms with Crippen LogP contribution in [0, 0.1) is 0 Å². The first-order chi connectivity index (χ1) is 12.4. The van der Waals surface area contributed by atoms with Crippen molar-refractivity contribution in [3.63, 3.8) is 0 Å².